The van der Waals surface area contributed by atoms with Crippen molar-refractivity contribution in [1.29, 1.82) is 0 Å². The number of nitrogens with one attached hydrogen (secondary N) is 1. The van der Waals surface area contributed by atoms with Crippen molar-refractivity contribution in [1.82, 2.24) is 9.88 Å². The first-order valence-corrected chi connectivity index (χ1v) is 9.68. The number of pyridine rings is 1. The summed E-state index contributed by atoms with van der Waals surface area (Å²) in [4.78, 5) is 25.3. The van der Waals surface area contributed by atoms with E-state index in [1.807, 2.05) is 54.6 Å². The van der Waals surface area contributed by atoms with Crippen LogP contribution in [0.2, 0.25) is 0 Å². The second-order valence-corrected chi connectivity index (χ2v) is 7.32. The van der Waals surface area contributed by atoms with Crippen molar-refractivity contribution in [3.63, 3.8) is 0 Å². The highest BCUT2D eigenvalue weighted by molar-refractivity contribution is 6.06. The minimum atomic E-state index is -0.214. The number of benzene rings is 2. The first-order valence-electron chi connectivity index (χ1n) is 9.68. The molecular formula is C23H24N2O3. The van der Waals surface area contributed by atoms with Crippen molar-refractivity contribution in [3.05, 3.63) is 82.1 Å². The molecule has 144 valence electrons. The topological polar surface area (TPSA) is 60.3 Å². The number of amides is 1. The van der Waals surface area contributed by atoms with Crippen molar-refractivity contribution in [2.45, 2.75) is 38.0 Å². The van der Waals surface area contributed by atoms with E-state index in [-0.39, 0.29) is 23.6 Å². The molecule has 0 unspecified atom stereocenters. The van der Waals surface area contributed by atoms with Crippen LogP contribution in [0.25, 0.3) is 10.9 Å². The number of hydrogen-bond acceptors (Lipinski definition) is 3. The number of carbonyl (C=O) groups excluding carboxylic acids is 1. The number of para-hydroxylation sites is 1. The first kappa shape index (κ1) is 18.4. The Morgan fingerprint density at radius 2 is 1.86 bits per heavy atom. The number of hydrogen-bond donors (Lipinski definition) is 1. The third-order valence-electron chi connectivity index (χ3n) is 5.47. The highest BCUT2D eigenvalue weighted by Gasteiger charge is 2.30. The third-order valence-corrected chi connectivity index (χ3v) is 5.47. The molecule has 4 rings (SSSR count). The van der Waals surface area contributed by atoms with E-state index in [0.717, 1.165) is 35.7 Å². The zero-order chi connectivity index (χ0) is 19.5. The minimum Gasteiger partial charge on any atom is -0.371 e. The van der Waals surface area contributed by atoms with Crippen molar-refractivity contribution in [2.24, 2.45) is 7.05 Å². The number of aromatic nitrogens is 1. The van der Waals surface area contributed by atoms with Crippen LogP contribution < -0.4 is 10.9 Å². The minimum absolute atomic E-state index is 0.0121. The molecule has 1 heterocycles. The van der Waals surface area contributed by atoms with Crippen LogP contribution in [0.4, 0.5) is 0 Å². The van der Waals surface area contributed by atoms with Gasteiger partial charge in [0.05, 0.1) is 29.8 Å². The molecule has 5 nitrogen and oxygen atoms in total. The highest BCUT2D eigenvalue weighted by atomic mass is 16.5. The van der Waals surface area contributed by atoms with Crippen LogP contribution >= 0.6 is 0 Å². The Balaban J connectivity index is 1.51. The molecule has 1 N–H and O–H groups in total. The molecule has 3 aromatic rings. The summed E-state index contributed by atoms with van der Waals surface area (Å²) in [5, 5.41) is 3.89. The molecule has 1 aliphatic rings. The van der Waals surface area contributed by atoms with E-state index in [1.54, 1.807) is 11.6 Å². The predicted octanol–water partition coefficient (Wildman–Crippen LogP) is 3.41. The summed E-state index contributed by atoms with van der Waals surface area (Å²) in [6, 6.07) is 18.9. The quantitative estimate of drug-likeness (QED) is 0.742. The molecule has 5 heteroatoms. The summed E-state index contributed by atoms with van der Waals surface area (Å²) in [5.74, 6) is -0.214. The lowest BCUT2D eigenvalue weighted by Crippen LogP contribution is -2.41. The largest absolute Gasteiger partial charge is 0.371 e. The molecular weight excluding hydrogens is 352 g/mol. The van der Waals surface area contributed by atoms with Crippen LogP contribution in [-0.4, -0.2) is 22.6 Å². The van der Waals surface area contributed by atoms with Crippen molar-refractivity contribution < 1.29 is 9.53 Å². The summed E-state index contributed by atoms with van der Waals surface area (Å²) in [5.41, 5.74) is 2.11. The summed E-state index contributed by atoms with van der Waals surface area (Å²) >= 11 is 0. The van der Waals surface area contributed by atoms with Crippen LogP contribution in [0.3, 0.4) is 0 Å². The van der Waals surface area contributed by atoms with Crippen molar-refractivity contribution in [3.8, 4) is 0 Å². The number of carbonyl (C=O) groups is 1. The van der Waals surface area contributed by atoms with Gasteiger partial charge < -0.3 is 14.6 Å². The van der Waals surface area contributed by atoms with Gasteiger partial charge in [0.2, 0.25) is 0 Å². The lowest BCUT2D eigenvalue weighted by Gasteiger charge is -2.22. The van der Waals surface area contributed by atoms with E-state index < -0.39 is 0 Å². The molecule has 0 bridgehead atoms. The van der Waals surface area contributed by atoms with Crippen molar-refractivity contribution in [2.75, 3.05) is 0 Å². The zero-order valence-corrected chi connectivity index (χ0v) is 15.9. The molecule has 0 aliphatic heterocycles. The Bertz CT molecular complexity index is 1040. The summed E-state index contributed by atoms with van der Waals surface area (Å²) in [7, 11) is 1.72. The van der Waals surface area contributed by atoms with Gasteiger partial charge in [0.15, 0.2) is 0 Å². The van der Waals surface area contributed by atoms with Gasteiger partial charge in [-0.25, -0.2) is 0 Å². The summed E-state index contributed by atoms with van der Waals surface area (Å²) < 4.78 is 7.65. The van der Waals surface area contributed by atoms with Gasteiger partial charge >= 0.3 is 0 Å². The van der Waals surface area contributed by atoms with Gasteiger partial charge in [-0.2, -0.15) is 0 Å². The SMILES string of the molecule is Cn1c(=O)cc(C(=O)N[C@@H]2CCC[C@H]2OCc2ccccc2)c2ccccc21. The van der Waals surface area contributed by atoms with E-state index in [9.17, 15) is 9.59 Å². The Morgan fingerprint density at radius 1 is 1.11 bits per heavy atom. The normalized spacial score (nSPS) is 19.0. The van der Waals surface area contributed by atoms with E-state index in [4.69, 9.17) is 4.74 Å². The number of aryl methyl sites for hydroxylation is 1. The Kier molecular flexibility index (Phi) is 5.26. The van der Waals surface area contributed by atoms with Crippen LogP contribution in [0, 0.1) is 0 Å². The second kappa shape index (κ2) is 7.98. The number of nitrogens with zero attached hydrogens (tertiary/aromatic N) is 1. The molecule has 1 aromatic heterocycles. The molecule has 1 fully saturated rings. The van der Waals surface area contributed by atoms with E-state index in [0.29, 0.717) is 12.2 Å². The highest BCUT2D eigenvalue weighted by Crippen LogP contribution is 2.24. The number of fused-ring (bicyclic) bond motifs is 1. The standard InChI is InChI=1S/C23H24N2O3/c1-25-20-12-6-5-10-17(20)18(14-22(25)26)23(27)24-19-11-7-13-21(19)28-15-16-8-3-2-4-9-16/h2-6,8-10,12,14,19,21H,7,11,13,15H2,1H3,(H,24,27)/t19-,21-/m1/s1. The zero-order valence-electron chi connectivity index (χ0n) is 15.9. The van der Waals surface area contributed by atoms with Gasteiger partial charge in [0, 0.05) is 18.5 Å². The van der Waals surface area contributed by atoms with Gasteiger partial charge in [0.1, 0.15) is 0 Å². The maximum atomic E-state index is 13.0. The molecule has 0 radical (unpaired) electrons. The monoisotopic (exact) mass is 376 g/mol. The third kappa shape index (κ3) is 3.71. The van der Waals surface area contributed by atoms with Gasteiger partial charge in [-0.3, -0.25) is 9.59 Å². The maximum absolute atomic E-state index is 13.0. The molecule has 28 heavy (non-hydrogen) atoms. The molecule has 0 saturated heterocycles. The van der Waals surface area contributed by atoms with Gasteiger partial charge in [0.25, 0.3) is 11.5 Å². The smallest absolute Gasteiger partial charge is 0.252 e. The molecule has 1 amide bonds. The van der Waals surface area contributed by atoms with Crippen LogP contribution in [-0.2, 0) is 18.4 Å². The molecule has 0 spiro atoms. The molecule has 2 aromatic carbocycles. The van der Waals surface area contributed by atoms with Gasteiger partial charge in [-0.15, -0.1) is 0 Å². The van der Waals surface area contributed by atoms with E-state index in [2.05, 4.69) is 5.32 Å². The number of ether oxygens (including phenoxy) is 1. The van der Waals surface area contributed by atoms with Crippen molar-refractivity contribution >= 4 is 16.8 Å². The predicted molar refractivity (Wildman–Crippen MR) is 109 cm³/mol. The fraction of sp³-hybridized carbons (Fsp3) is 0.304. The summed E-state index contributed by atoms with van der Waals surface area (Å²) in [6.45, 7) is 0.534. The Labute approximate surface area is 163 Å². The van der Waals surface area contributed by atoms with Gasteiger partial charge in [-0.1, -0.05) is 48.5 Å². The Hall–Kier alpha value is -2.92. The average Bonchev–Trinajstić information content (AvgIpc) is 3.16. The van der Waals surface area contributed by atoms with Gasteiger partial charge in [-0.05, 0) is 30.9 Å². The second-order valence-electron chi connectivity index (χ2n) is 7.32. The van der Waals surface area contributed by atoms with Crippen LogP contribution in [0.5, 0.6) is 0 Å². The molecule has 1 saturated carbocycles. The molecule has 1 aliphatic carbocycles. The fourth-order valence-corrected chi connectivity index (χ4v) is 3.91. The maximum Gasteiger partial charge on any atom is 0.252 e. The average molecular weight is 376 g/mol. The van der Waals surface area contributed by atoms with Crippen LogP contribution in [0.1, 0.15) is 35.2 Å². The van der Waals surface area contributed by atoms with Crippen LogP contribution in [0.15, 0.2) is 65.5 Å². The van der Waals surface area contributed by atoms with E-state index >= 15 is 0 Å². The Morgan fingerprint density at radius 3 is 2.68 bits per heavy atom. The lowest BCUT2D eigenvalue weighted by molar-refractivity contribution is 0.0272. The number of rotatable bonds is 5. The molecule has 2 atom stereocenters. The summed E-state index contributed by atoms with van der Waals surface area (Å²) in [6.07, 6.45) is 2.81. The lowest BCUT2D eigenvalue weighted by atomic mass is 10.1. The fourth-order valence-electron chi connectivity index (χ4n) is 3.91. The van der Waals surface area contributed by atoms with E-state index in [1.165, 1.54) is 6.07 Å². The first-order chi connectivity index (χ1) is 13.6.